The summed E-state index contributed by atoms with van der Waals surface area (Å²) in [6, 6.07) is 22.6. The number of carbonyl (C=O) groups is 2. The van der Waals surface area contributed by atoms with Crippen molar-refractivity contribution in [3.05, 3.63) is 95.5 Å². The Morgan fingerprint density at radius 3 is 2.03 bits per heavy atom. The molecule has 0 saturated heterocycles. The van der Waals surface area contributed by atoms with Crippen LogP contribution >= 0.6 is 11.6 Å². The summed E-state index contributed by atoms with van der Waals surface area (Å²) in [6.07, 6.45) is 0. The zero-order valence-corrected chi connectivity index (χ0v) is 22.7. The standard InChI is InChI=1S/C28H32ClN3O4S/c1-21(2)18-30-28(34)22(3)31(19-23-12-10-11-17-26(23)29)27(33)20-32(24-13-6-4-7-14-24)37(35,36)25-15-8-5-9-16-25/h4-17,21-22H,18-20H2,1-3H3,(H,30,34). The Balaban J connectivity index is 1.98. The Morgan fingerprint density at radius 1 is 0.865 bits per heavy atom. The third kappa shape index (κ3) is 7.33. The third-order valence-corrected chi connectivity index (χ3v) is 7.96. The summed E-state index contributed by atoms with van der Waals surface area (Å²) in [4.78, 5) is 28.2. The molecule has 0 bridgehead atoms. The molecule has 2 amide bonds. The van der Waals surface area contributed by atoms with Gasteiger partial charge in [0.15, 0.2) is 0 Å². The van der Waals surface area contributed by atoms with Crippen molar-refractivity contribution in [3.8, 4) is 0 Å². The van der Waals surface area contributed by atoms with Crippen LogP contribution in [0.25, 0.3) is 0 Å². The van der Waals surface area contributed by atoms with E-state index in [1.54, 1.807) is 79.7 Å². The normalized spacial score (nSPS) is 12.1. The van der Waals surface area contributed by atoms with Crippen LogP contribution in [-0.2, 0) is 26.2 Å². The number of rotatable bonds is 11. The highest BCUT2D eigenvalue weighted by Crippen LogP contribution is 2.25. The van der Waals surface area contributed by atoms with Crippen LogP contribution in [0.5, 0.6) is 0 Å². The Hall–Kier alpha value is -3.36. The number of hydrogen-bond donors (Lipinski definition) is 1. The van der Waals surface area contributed by atoms with E-state index in [2.05, 4.69) is 5.32 Å². The molecule has 0 heterocycles. The van der Waals surface area contributed by atoms with Crippen molar-refractivity contribution in [1.29, 1.82) is 0 Å². The predicted molar refractivity (Wildman–Crippen MR) is 147 cm³/mol. The minimum absolute atomic E-state index is 0.0444. The van der Waals surface area contributed by atoms with E-state index in [0.29, 0.717) is 22.8 Å². The fourth-order valence-electron chi connectivity index (χ4n) is 3.69. The molecule has 0 spiro atoms. The molecule has 0 aliphatic carbocycles. The molecule has 3 aromatic carbocycles. The lowest BCUT2D eigenvalue weighted by Gasteiger charge is -2.32. The lowest BCUT2D eigenvalue weighted by atomic mass is 10.1. The molecule has 9 heteroatoms. The molecule has 3 aromatic rings. The Labute approximate surface area is 224 Å². The van der Waals surface area contributed by atoms with E-state index in [0.717, 1.165) is 4.31 Å². The zero-order chi connectivity index (χ0) is 27.0. The Kier molecular flexibility index (Phi) is 9.72. The second-order valence-corrected chi connectivity index (χ2v) is 11.4. The fraction of sp³-hybridized carbons (Fsp3) is 0.286. The minimum atomic E-state index is -4.07. The van der Waals surface area contributed by atoms with Crippen LogP contribution in [0, 0.1) is 5.92 Å². The van der Waals surface area contributed by atoms with Gasteiger partial charge in [-0.3, -0.25) is 13.9 Å². The van der Waals surface area contributed by atoms with Crippen LogP contribution in [0.4, 0.5) is 5.69 Å². The van der Waals surface area contributed by atoms with E-state index >= 15 is 0 Å². The van der Waals surface area contributed by atoms with Gasteiger partial charge in [-0.2, -0.15) is 0 Å². The molecule has 3 rings (SSSR count). The molecule has 0 fully saturated rings. The number of halogens is 1. The van der Waals surface area contributed by atoms with Crippen molar-refractivity contribution in [2.24, 2.45) is 5.92 Å². The number of anilines is 1. The summed E-state index contributed by atoms with van der Waals surface area (Å²) in [7, 11) is -4.07. The maximum absolute atomic E-state index is 13.8. The first-order valence-corrected chi connectivity index (χ1v) is 13.9. The van der Waals surface area contributed by atoms with Gasteiger partial charge >= 0.3 is 0 Å². The van der Waals surface area contributed by atoms with Crippen molar-refractivity contribution in [2.75, 3.05) is 17.4 Å². The molecule has 0 aliphatic heterocycles. The minimum Gasteiger partial charge on any atom is -0.354 e. The average molecular weight is 542 g/mol. The Morgan fingerprint density at radius 2 is 1.43 bits per heavy atom. The van der Waals surface area contributed by atoms with E-state index in [1.165, 1.54) is 17.0 Å². The van der Waals surface area contributed by atoms with Crippen LogP contribution in [0.15, 0.2) is 89.8 Å². The van der Waals surface area contributed by atoms with Crippen molar-refractivity contribution in [3.63, 3.8) is 0 Å². The lowest BCUT2D eigenvalue weighted by molar-refractivity contribution is -0.139. The molecule has 196 valence electrons. The highest BCUT2D eigenvalue weighted by molar-refractivity contribution is 7.92. The van der Waals surface area contributed by atoms with Crippen molar-refractivity contribution >= 4 is 39.1 Å². The van der Waals surface area contributed by atoms with Crippen LogP contribution in [-0.4, -0.2) is 44.3 Å². The SMILES string of the molecule is CC(C)CNC(=O)C(C)N(Cc1ccccc1Cl)C(=O)CN(c1ccccc1)S(=O)(=O)c1ccccc1. The summed E-state index contributed by atoms with van der Waals surface area (Å²) in [5, 5.41) is 3.31. The molecule has 0 radical (unpaired) electrons. The highest BCUT2D eigenvalue weighted by atomic mass is 35.5. The smallest absolute Gasteiger partial charge is 0.264 e. The first kappa shape index (κ1) is 28.2. The maximum atomic E-state index is 13.8. The van der Waals surface area contributed by atoms with Crippen LogP contribution in [0.2, 0.25) is 5.02 Å². The quantitative estimate of drug-likeness (QED) is 0.380. The van der Waals surface area contributed by atoms with Gasteiger partial charge in [-0.05, 0) is 48.7 Å². The number of para-hydroxylation sites is 1. The van der Waals surface area contributed by atoms with E-state index < -0.39 is 28.5 Å². The number of nitrogens with zero attached hydrogens (tertiary/aromatic N) is 2. The third-order valence-electron chi connectivity index (χ3n) is 5.80. The predicted octanol–water partition coefficient (Wildman–Crippen LogP) is 4.72. The maximum Gasteiger partial charge on any atom is 0.264 e. The molecular formula is C28H32ClN3O4S. The second-order valence-electron chi connectivity index (χ2n) is 9.09. The molecule has 0 saturated carbocycles. The molecule has 0 aliphatic rings. The number of amides is 2. The number of carbonyl (C=O) groups excluding carboxylic acids is 2. The zero-order valence-electron chi connectivity index (χ0n) is 21.2. The summed E-state index contributed by atoms with van der Waals surface area (Å²) >= 11 is 6.37. The van der Waals surface area contributed by atoms with Gasteiger partial charge in [-0.25, -0.2) is 8.42 Å². The largest absolute Gasteiger partial charge is 0.354 e. The van der Waals surface area contributed by atoms with Crippen molar-refractivity contribution in [1.82, 2.24) is 10.2 Å². The first-order valence-electron chi connectivity index (χ1n) is 12.0. The first-order chi connectivity index (χ1) is 17.6. The lowest BCUT2D eigenvalue weighted by Crippen LogP contribution is -2.51. The molecule has 37 heavy (non-hydrogen) atoms. The van der Waals surface area contributed by atoms with Crippen LogP contribution < -0.4 is 9.62 Å². The fourth-order valence-corrected chi connectivity index (χ4v) is 5.32. The molecule has 1 N–H and O–H groups in total. The number of benzene rings is 3. The van der Waals surface area contributed by atoms with Gasteiger partial charge in [0.05, 0.1) is 10.6 Å². The highest BCUT2D eigenvalue weighted by Gasteiger charge is 2.32. The van der Waals surface area contributed by atoms with Gasteiger partial charge < -0.3 is 10.2 Å². The summed E-state index contributed by atoms with van der Waals surface area (Å²) < 4.78 is 28.4. The molecular weight excluding hydrogens is 510 g/mol. The molecule has 1 unspecified atom stereocenters. The molecule has 0 aromatic heterocycles. The summed E-state index contributed by atoms with van der Waals surface area (Å²) in [6.45, 7) is 5.59. The summed E-state index contributed by atoms with van der Waals surface area (Å²) in [5.74, 6) is -0.629. The number of sulfonamides is 1. The van der Waals surface area contributed by atoms with Crippen LogP contribution in [0.1, 0.15) is 26.3 Å². The van der Waals surface area contributed by atoms with Gasteiger partial charge in [0.1, 0.15) is 12.6 Å². The van der Waals surface area contributed by atoms with Crippen molar-refractivity contribution < 1.29 is 18.0 Å². The van der Waals surface area contributed by atoms with Gasteiger partial charge in [0.2, 0.25) is 11.8 Å². The van der Waals surface area contributed by atoms with E-state index in [4.69, 9.17) is 11.6 Å². The second kappa shape index (κ2) is 12.7. The average Bonchev–Trinajstić information content (AvgIpc) is 2.90. The van der Waals surface area contributed by atoms with Gasteiger partial charge in [0, 0.05) is 18.1 Å². The topological polar surface area (TPSA) is 86.8 Å². The van der Waals surface area contributed by atoms with Gasteiger partial charge in [-0.1, -0.05) is 80.0 Å². The van der Waals surface area contributed by atoms with E-state index in [9.17, 15) is 18.0 Å². The van der Waals surface area contributed by atoms with Crippen LogP contribution in [0.3, 0.4) is 0 Å². The molecule has 1 atom stereocenters. The molecule has 7 nitrogen and oxygen atoms in total. The Bertz CT molecular complexity index is 1300. The van der Waals surface area contributed by atoms with E-state index in [1.807, 2.05) is 13.8 Å². The number of nitrogens with one attached hydrogen (secondary N) is 1. The monoisotopic (exact) mass is 541 g/mol. The van der Waals surface area contributed by atoms with E-state index in [-0.39, 0.29) is 23.3 Å². The van der Waals surface area contributed by atoms with Gasteiger partial charge in [0.25, 0.3) is 10.0 Å². The van der Waals surface area contributed by atoms with Gasteiger partial charge in [-0.15, -0.1) is 0 Å². The van der Waals surface area contributed by atoms with Crippen molar-refractivity contribution in [2.45, 2.75) is 38.3 Å². The number of hydrogen-bond acceptors (Lipinski definition) is 4. The summed E-state index contributed by atoms with van der Waals surface area (Å²) in [5.41, 5.74) is 0.993.